The van der Waals surface area contributed by atoms with Crippen molar-refractivity contribution < 1.29 is 4.92 Å². The lowest BCUT2D eigenvalue weighted by Gasteiger charge is -2.12. The Kier molecular flexibility index (Phi) is 2.91. The zero-order chi connectivity index (χ0) is 12.7. The minimum atomic E-state index is -0.423. The molecule has 0 aliphatic carbocycles. The molecule has 1 unspecified atom stereocenters. The van der Waals surface area contributed by atoms with Crippen molar-refractivity contribution >= 4 is 34.2 Å². The second-order valence-corrected chi connectivity index (χ2v) is 5.72. The number of nitro benzene ring substituents is 1. The predicted octanol–water partition coefficient (Wildman–Crippen LogP) is 2.71. The van der Waals surface area contributed by atoms with Crippen LogP contribution in [0.1, 0.15) is 11.6 Å². The Morgan fingerprint density at radius 1 is 1.50 bits per heavy atom. The van der Waals surface area contributed by atoms with Gasteiger partial charge in [-0.3, -0.25) is 15.1 Å². The van der Waals surface area contributed by atoms with E-state index in [1.807, 2.05) is 0 Å². The zero-order valence-electron chi connectivity index (χ0n) is 9.38. The Morgan fingerprint density at radius 3 is 3.06 bits per heavy atom. The Balaban J connectivity index is 1.93. The number of aliphatic imine (C=N–C) groups is 1. The fourth-order valence-electron chi connectivity index (χ4n) is 2.18. The molecule has 0 saturated carbocycles. The van der Waals surface area contributed by atoms with Gasteiger partial charge in [-0.25, -0.2) is 0 Å². The summed E-state index contributed by atoms with van der Waals surface area (Å²) in [5.41, 5.74) is 0.842. The SMILES string of the molecule is O=[N+]([O-])c1cc(Cl)cc(C2CN3CCSC3=N2)c1. The van der Waals surface area contributed by atoms with Crippen LogP contribution in [0.2, 0.25) is 5.02 Å². The van der Waals surface area contributed by atoms with Crippen molar-refractivity contribution in [3.05, 3.63) is 38.9 Å². The van der Waals surface area contributed by atoms with Crippen molar-refractivity contribution in [2.24, 2.45) is 4.99 Å². The molecule has 1 saturated heterocycles. The van der Waals surface area contributed by atoms with Gasteiger partial charge in [0.2, 0.25) is 0 Å². The molecule has 5 nitrogen and oxygen atoms in total. The van der Waals surface area contributed by atoms with E-state index in [-0.39, 0.29) is 11.7 Å². The smallest absolute Gasteiger partial charge is 0.271 e. The monoisotopic (exact) mass is 283 g/mol. The second kappa shape index (κ2) is 4.44. The number of benzene rings is 1. The van der Waals surface area contributed by atoms with Gasteiger partial charge in [-0.15, -0.1) is 0 Å². The molecule has 18 heavy (non-hydrogen) atoms. The highest BCUT2D eigenvalue weighted by atomic mass is 35.5. The standard InChI is InChI=1S/C11H10ClN3O2S/c12-8-3-7(4-9(5-8)15(16)17)10-6-14-1-2-18-11(14)13-10/h3-5,10H,1-2,6H2. The van der Waals surface area contributed by atoms with E-state index >= 15 is 0 Å². The molecule has 0 radical (unpaired) electrons. The van der Waals surface area contributed by atoms with Crippen LogP contribution in [0.4, 0.5) is 5.69 Å². The number of nitro groups is 1. The molecule has 1 fully saturated rings. The molecule has 1 atom stereocenters. The molecule has 0 N–H and O–H groups in total. The summed E-state index contributed by atoms with van der Waals surface area (Å²) >= 11 is 7.66. The van der Waals surface area contributed by atoms with Gasteiger partial charge in [0.15, 0.2) is 5.17 Å². The zero-order valence-corrected chi connectivity index (χ0v) is 10.9. The first kappa shape index (κ1) is 11.8. The lowest BCUT2D eigenvalue weighted by atomic mass is 10.1. The predicted molar refractivity (Wildman–Crippen MR) is 72.3 cm³/mol. The number of fused-ring (bicyclic) bond motifs is 1. The van der Waals surface area contributed by atoms with Crippen LogP contribution in [0.5, 0.6) is 0 Å². The van der Waals surface area contributed by atoms with Crippen molar-refractivity contribution in [2.75, 3.05) is 18.8 Å². The molecule has 7 heteroatoms. The lowest BCUT2D eigenvalue weighted by molar-refractivity contribution is -0.384. The number of amidine groups is 1. The fourth-order valence-corrected chi connectivity index (χ4v) is 3.46. The van der Waals surface area contributed by atoms with Crippen LogP contribution < -0.4 is 0 Å². The van der Waals surface area contributed by atoms with Gasteiger partial charge in [-0.1, -0.05) is 23.4 Å². The Bertz CT molecular complexity index is 549. The van der Waals surface area contributed by atoms with Crippen molar-refractivity contribution in [1.29, 1.82) is 0 Å². The summed E-state index contributed by atoms with van der Waals surface area (Å²) in [4.78, 5) is 17.2. The van der Waals surface area contributed by atoms with Crippen LogP contribution in [0.25, 0.3) is 0 Å². The third kappa shape index (κ3) is 2.06. The maximum Gasteiger partial charge on any atom is 0.271 e. The lowest BCUT2D eigenvalue weighted by Crippen LogP contribution is -2.21. The van der Waals surface area contributed by atoms with Crippen LogP contribution in [-0.4, -0.2) is 33.8 Å². The first-order valence-electron chi connectivity index (χ1n) is 5.54. The molecule has 2 aliphatic heterocycles. The van der Waals surface area contributed by atoms with Gasteiger partial charge in [0.25, 0.3) is 5.69 Å². The third-order valence-corrected chi connectivity index (χ3v) is 4.25. The molecule has 2 aliphatic rings. The first-order valence-corrected chi connectivity index (χ1v) is 6.90. The Labute approximate surface area is 113 Å². The van der Waals surface area contributed by atoms with Crippen LogP contribution in [0.3, 0.4) is 0 Å². The van der Waals surface area contributed by atoms with E-state index < -0.39 is 4.92 Å². The molecule has 2 heterocycles. The summed E-state index contributed by atoms with van der Waals surface area (Å²) in [6, 6.07) is 4.65. The van der Waals surface area contributed by atoms with Gasteiger partial charge >= 0.3 is 0 Å². The van der Waals surface area contributed by atoms with Crippen molar-refractivity contribution in [1.82, 2.24) is 4.90 Å². The molecule has 1 aromatic rings. The van der Waals surface area contributed by atoms with Gasteiger partial charge in [0, 0.05) is 36.0 Å². The highest BCUT2D eigenvalue weighted by Crippen LogP contribution is 2.34. The van der Waals surface area contributed by atoms with Crippen LogP contribution in [0.15, 0.2) is 23.2 Å². The average molecular weight is 284 g/mol. The van der Waals surface area contributed by atoms with Gasteiger partial charge < -0.3 is 4.90 Å². The molecule has 94 valence electrons. The fraction of sp³-hybridized carbons (Fsp3) is 0.364. The normalized spacial score (nSPS) is 21.9. The van der Waals surface area contributed by atoms with E-state index in [0.717, 1.165) is 29.6 Å². The van der Waals surface area contributed by atoms with E-state index in [9.17, 15) is 10.1 Å². The van der Waals surface area contributed by atoms with Gasteiger partial charge in [0.1, 0.15) is 0 Å². The second-order valence-electron chi connectivity index (χ2n) is 4.22. The summed E-state index contributed by atoms with van der Waals surface area (Å²) in [6.07, 6.45) is 0. The number of non-ortho nitro benzene ring substituents is 1. The van der Waals surface area contributed by atoms with Gasteiger partial charge in [-0.2, -0.15) is 0 Å². The topological polar surface area (TPSA) is 58.7 Å². The van der Waals surface area contributed by atoms with Crippen molar-refractivity contribution in [3.8, 4) is 0 Å². The molecule has 1 aromatic carbocycles. The van der Waals surface area contributed by atoms with Gasteiger partial charge in [-0.05, 0) is 11.6 Å². The van der Waals surface area contributed by atoms with Crippen LogP contribution in [0, 0.1) is 10.1 Å². The van der Waals surface area contributed by atoms with Crippen LogP contribution in [-0.2, 0) is 0 Å². The minimum absolute atomic E-state index is 0.0254. The molecule has 3 rings (SSSR count). The van der Waals surface area contributed by atoms with Crippen LogP contribution >= 0.6 is 23.4 Å². The number of thioether (sulfide) groups is 1. The summed E-state index contributed by atoms with van der Waals surface area (Å²) in [6.45, 7) is 1.79. The maximum absolute atomic E-state index is 10.8. The Morgan fingerprint density at radius 2 is 2.33 bits per heavy atom. The number of hydrogen-bond acceptors (Lipinski definition) is 5. The average Bonchev–Trinajstić information content (AvgIpc) is 2.87. The van der Waals surface area contributed by atoms with E-state index in [1.165, 1.54) is 6.07 Å². The van der Waals surface area contributed by atoms with E-state index in [2.05, 4.69) is 9.89 Å². The molecule has 0 amide bonds. The number of hydrogen-bond donors (Lipinski definition) is 0. The minimum Gasteiger partial charge on any atom is -0.348 e. The number of nitrogens with zero attached hydrogens (tertiary/aromatic N) is 3. The highest BCUT2D eigenvalue weighted by molar-refractivity contribution is 8.14. The van der Waals surface area contributed by atoms with E-state index in [1.54, 1.807) is 23.9 Å². The summed E-state index contributed by atoms with van der Waals surface area (Å²) in [5, 5.41) is 12.2. The molecular weight excluding hydrogens is 274 g/mol. The first-order chi connectivity index (χ1) is 8.63. The molecule has 0 spiro atoms. The quantitative estimate of drug-likeness (QED) is 0.618. The summed E-state index contributed by atoms with van der Waals surface area (Å²) in [7, 11) is 0. The van der Waals surface area contributed by atoms with E-state index in [4.69, 9.17) is 11.6 Å². The number of rotatable bonds is 2. The van der Waals surface area contributed by atoms with E-state index in [0.29, 0.717) is 5.02 Å². The number of halogens is 1. The molecule has 0 bridgehead atoms. The Hall–Kier alpha value is -1.27. The molecule has 0 aromatic heterocycles. The summed E-state index contributed by atoms with van der Waals surface area (Å²) < 4.78 is 0. The highest BCUT2D eigenvalue weighted by Gasteiger charge is 2.30. The largest absolute Gasteiger partial charge is 0.348 e. The third-order valence-electron chi connectivity index (χ3n) is 3.02. The van der Waals surface area contributed by atoms with Crippen molar-refractivity contribution in [3.63, 3.8) is 0 Å². The molecular formula is C11H10ClN3O2S. The maximum atomic E-state index is 10.8. The van der Waals surface area contributed by atoms with Gasteiger partial charge in [0.05, 0.1) is 11.0 Å². The van der Waals surface area contributed by atoms with Crippen molar-refractivity contribution in [2.45, 2.75) is 6.04 Å². The summed E-state index contributed by atoms with van der Waals surface area (Å²) in [5.74, 6) is 1.07.